The highest BCUT2D eigenvalue weighted by atomic mass is 127. The van der Waals surface area contributed by atoms with Crippen LogP contribution in [0.3, 0.4) is 0 Å². The first-order valence-corrected chi connectivity index (χ1v) is 11.1. The highest BCUT2D eigenvalue weighted by Gasteiger charge is 2.17. The number of guanidine groups is 1. The van der Waals surface area contributed by atoms with Gasteiger partial charge >= 0.3 is 0 Å². The molecule has 0 aliphatic rings. The fourth-order valence-corrected chi connectivity index (χ4v) is 4.37. The van der Waals surface area contributed by atoms with E-state index in [1.165, 1.54) is 23.1 Å². The van der Waals surface area contributed by atoms with E-state index in [2.05, 4.69) is 25.3 Å². The second kappa shape index (κ2) is 12.1. The van der Waals surface area contributed by atoms with Gasteiger partial charge in [0, 0.05) is 50.1 Å². The Hall–Kier alpha value is -1.84. The van der Waals surface area contributed by atoms with E-state index in [-0.39, 0.29) is 41.1 Å². The quantitative estimate of drug-likeness (QED) is 0.105. The van der Waals surface area contributed by atoms with Crippen LogP contribution in [0.1, 0.15) is 15.6 Å². The minimum atomic E-state index is -3.84. The third kappa shape index (κ3) is 7.77. The van der Waals surface area contributed by atoms with Crippen LogP contribution in [0.4, 0.5) is 5.69 Å². The highest BCUT2D eigenvalue weighted by molar-refractivity contribution is 14.0. The summed E-state index contributed by atoms with van der Waals surface area (Å²) in [6.45, 7) is 5.06. The number of rotatable bonds is 9. The largest absolute Gasteiger partial charge is 0.356 e. The van der Waals surface area contributed by atoms with Gasteiger partial charge in [0.25, 0.3) is 5.69 Å². The fraction of sp³-hybridized carbons (Fsp3) is 0.412. The molecule has 166 valence electrons. The maximum absolute atomic E-state index is 12.3. The van der Waals surface area contributed by atoms with Crippen molar-refractivity contribution >= 4 is 57.0 Å². The lowest BCUT2D eigenvalue weighted by Crippen LogP contribution is -2.42. The molecule has 3 N–H and O–H groups in total. The van der Waals surface area contributed by atoms with E-state index in [1.54, 1.807) is 18.4 Å². The van der Waals surface area contributed by atoms with Crippen molar-refractivity contribution in [3.8, 4) is 0 Å². The van der Waals surface area contributed by atoms with Gasteiger partial charge in [0.05, 0.1) is 20.5 Å². The van der Waals surface area contributed by atoms with Crippen LogP contribution in [-0.4, -0.2) is 51.0 Å². The van der Waals surface area contributed by atoms with Gasteiger partial charge < -0.3 is 10.6 Å². The number of sulfonamides is 1. The Balaban J connectivity index is 0.00000450. The van der Waals surface area contributed by atoms with Crippen LogP contribution in [0, 0.1) is 24.0 Å². The van der Waals surface area contributed by atoms with Gasteiger partial charge in [-0.05, 0) is 19.9 Å². The van der Waals surface area contributed by atoms with Crippen LogP contribution in [0.25, 0.3) is 0 Å². The zero-order valence-electron chi connectivity index (χ0n) is 16.8. The third-order valence-corrected chi connectivity index (χ3v) is 6.57. The molecule has 10 nitrogen and oxygen atoms in total. The Morgan fingerprint density at radius 1 is 1.23 bits per heavy atom. The first-order chi connectivity index (χ1) is 13.7. The van der Waals surface area contributed by atoms with Gasteiger partial charge in [-0.2, -0.15) is 0 Å². The van der Waals surface area contributed by atoms with Crippen LogP contribution in [0.15, 0.2) is 34.2 Å². The average Bonchev–Trinajstić information content (AvgIpc) is 3.01. The predicted molar refractivity (Wildman–Crippen MR) is 128 cm³/mol. The molecular formula is C17H25IN6O4S2. The molecule has 0 saturated heterocycles. The normalized spacial score (nSPS) is 11.6. The van der Waals surface area contributed by atoms with Gasteiger partial charge in [-0.1, -0.05) is 6.07 Å². The van der Waals surface area contributed by atoms with Crippen molar-refractivity contribution in [3.63, 3.8) is 0 Å². The summed E-state index contributed by atoms with van der Waals surface area (Å²) in [7, 11) is -2.21. The van der Waals surface area contributed by atoms with Gasteiger partial charge in [0.2, 0.25) is 10.0 Å². The number of nitrogens with zero attached hydrogens (tertiary/aromatic N) is 3. The minimum absolute atomic E-state index is 0. The zero-order chi connectivity index (χ0) is 21.4. The van der Waals surface area contributed by atoms with E-state index in [9.17, 15) is 18.5 Å². The van der Waals surface area contributed by atoms with Crippen LogP contribution in [-0.2, 0) is 16.4 Å². The summed E-state index contributed by atoms with van der Waals surface area (Å²) in [5, 5.41) is 18.0. The average molecular weight is 568 g/mol. The van der Waals surface area contributed by atoms with E-state index in [0.29, 0.717) is 19.0 Å². The van der Waals surface area contributed by atoms with Crippen LogP contribution >= 0.6 is 35.3 Å². The summed E-state index contributed by atoms with van der Waals surface area (Å²) in [4.78, 5) is 19.8. The maximum atomic E-state index is 12.3. The number of hydrogen-bond donors (Lipinski definition) is 3. The molecule has 1 heterocycles. The summed E-state index contributed by atoms with van der Waals surface area (Å²) < 4.78 is 26.9. The van der Waals surface area contributed by atoms with Crippen molar-refractivity contribution in [1.29, 1.82) is 0 Å². The Labute approximate surface area is 196 Å². The molecule has 1 aromatic heterocycles. The molecule has 0 amide bonds. The van der Waals surface area contributed by atoms with Gasteiger partial charge in [-0.25, -0.2) is 18.1 Å². The second-order valence-corrected chi connectivity index (χ2v) is 9.13. The summed E-state index contributed by atoms with van der Waals surface area (Å²) in [6.07, 6.45) is 0.763. The van der Waals surface area contributed by atoms with E-state index in [4.69, 9.17) is 0 Å². The number of aromatic nitrogens is 1. The van der Waals surface area contributed by atoms with Gasteiger partial charge in [0.15, 0.2) is 5.96 Å². The number of halogens is 1. The number of non-ortho nitro benzene ring substituents is 1. The molecule has 0 spiro atoms. The smallest absolute Gasteiger partial charge is 0.270 e. The molecule has 0 radical (unpaired) electrons. The molecule has 0 aliphatic heterocycles. The monoisotopic (exact) mass is 568 g/mol. The van der Waals surface area contributed by atoms with Crippen LogP contribution < -0.4 is 15.4 Å². The Kier molecular flexibility index (Phi) is 10.6. The van der Waals surface area contributed by atoms with Gasteiger partial charge in [-0.15, -0.1) is 35.3 Å². The fourth-order valence-electron chi connectivity index (χ4n) is 2.37. The van der Waals surface area contributed by atoms with Gasteiger partial charge in [-0.3, -0.25) is 15.1 Å². The Morgan fingerprint density at radius 2 is 1.93 bits per heavy atom. The van der Waals surface area contributed by atoms with Crippen molar-refractivity contribution in [2.45, 2.75) is 25.2 Å². The van der Waals surface area contributed by atoms with Crippen molar-refractivity contribution in [1.82, 2.24) is 20.3 Å². The van der Waals surface area contributed by atoms with Crippen LogP contribution in [0.5, 0.6) is 0 Å². The molecule has 0 bridgehead atoms. The molecule has 2 rings (SSSR count). The van der Waals surface area contributed by atoms with Gasteiger partial charge in [0.1, 0.15) is 0 Å². The summed E-state index contributed by atoms with van der Waals surface area (Å²) in [6, 6.07) is 4.91. The number of aliphatic imine (C=N–C) groups is 1. The lowest BCUT2D eigenvalue weighted by atomic mass is 10.3. The number of thiazole rings is 1. The Bertz CT molecular complexity index is 974. The lowest BCUT2D eigenvalue weighted by Gasteiger charge is -2.12. The highest BCUT2D eigenvalue weighted by Crippen LogP contribution is 2.17. The number of aryl methyl sites for hydroxylation is 2. The minimum Gasteiger partial charge on any atom is -0.356 e. The molecule has 0 fully saturated rings. The number of nitrogens with one attached hydrogen (secondary N) is 3. The summed E-state index contributed by atoms with van der Waals surface area (Å²) in [5.41, 5.74) is 0.768. The topological polar surface area (TPSA) is 139 Å². The van der Waals surface area contributed by atoms with Crippen molar-refractivity contribution in [2.75, 3.05) is 26.7 Å². The number of nitro groups is 1. The molecule has 2 aromatic rings. The number of hydrogen-bond acceptors (Lipinski definition) is 7. The molecule has 0 aliphatic carbocycles. The molecule has 1 aromatic carbocycles. The van der Waals surface area contributed by atoms with Crippen molar-refractivity contribution in [2.24, 2.45) is 4.99 Å². The molecule has 30 heavy (non-hydrogen) atoms. The number of benzene rings is 1. The van der Waals surface area contributed by atoms with E-state index >= 15 is 0 Å². The molecular weight excluding hydrogens is 543 g/mol. The van der Waals surface area contributed by atoms with E-state index in [1.807, 2.05) is 13.8 Å². The van der Waals surface area contributed by atoms with Crippen molar-refractivity contribution < 1.29 is 13.3 Å². The Morgan fingerprint density at radius 3 is 2.53 bits per heavy atom. The van der Waals surface area contributed by atoms with Crippen LogP contribution in [0.2, 0.25) is 0 Å². The molecule has 0 atom stereocenters. The maximum Gasteiger partial charge on any atom is 0.270 e. The summed E-state index contributed by atoms with van der Waals surface area (Å²) in [5.74, 6) is 0.546. The lowest BCUT2D eigenvalue weighted by molar-refractivity contribution is -0.385. The number of nitro benzene ring substituents is 1. The summed E-state index contributed by atoms with van der Waals surface area (Å²) >= 11 is 1.67. The first kappa shape index (κ1) is 26.2. The predicted octanol–water partition coefficient (Wildman–Crippen LogP) is 1.97. The van der Waals surface area contributed by atoms with E-state index in [0.717, 1.165) is 23.2 Å². The third-order valence-electron chi connectivity index (χ3n) is 3.98. The van der Waals surface area contributed by atoms with Crippen molar-refractivity contribution in [3.05, 3.63) is 50.0 Å². The SMILES string of the molecule is CN=C(NCCNS(=O)(=O)c1cccc([N+](=O)[O-])c1)NCCc1nc(C)c(C)s1.I. The van der Waals surface area contributed by atoms with E-state index < -0.39 is 14.9 Å². The molecule has 13 heteroatoms. The standard InChI is InChI=1S/C17H24N6O4S2.HI/c1-12-13(2)28-16(22-12)7-8-19-17(18-3)20-9-10-21-29(26,27)15-6-4-5-14(11-15)23(24)25;/h4-6,11,21H,7-10H2,1-3H3,(H2,18,19,20);1H. The zero-order valence-corrected chi connectivity index (χ0v) is 20.8. The first-order valence-electron chi connectivity index (χ1n) is 8.84. The molecule has 0 saturated carbocycles. The second-order valence-electron chi connectivity index (χ2n) is 6.08. The molecule has 0 unspecified atom stereocenters.